The molecule has 1 aliphatic heterocycles. The van der Waals surface area contributed by atoms with Gasteiger partial charge in [0.25, 0.3) is 0 Å². The number of rotatable bonds is 4. The van der Waals surface area contributed by atoms with E-state index in [9.17, 15) is 4.79 Å². The molecule has 0 radical (unpaired) electrons. The maximum atomic E-state index is 12.2. The third-order valence-electron chi connectivity index (χ3n) is 3.36. The van der Waals surface area contributed by atoms with Gasteiger partial charge in [0.15, 0.2) is 0 Å². The lowest BCUT2D eigenvalue weighted by atomic mass is 10.1. The van der Waals surface area contributed by atoms with Crippen LogP contribution in [0.5, 0.6) is 0 Å². The highest BCUT2D eigenvalue weighted by Gasteiger charge is 2.38. The molecule has 0 spiro atoms. The fraction of sp³-hybridized carbons (Fsp3) is 0.500. The summed E-state index contributed by atoms with van der Waals surface area (Å²) in [6, 6.07) is 8.36. The van der Waals surface area contributed by atoms with E-state index in [0.29, 0.717) is 0 Å². The number of aryl methyl sites for hydroxylation is 1. The lowest BCUT2D eigenvalue weighted by Gasteiger charge is -2.24. The molecule has 1 aromatic carbocycles. The maximum absolute atomic E-state index is 12.2. The molecular formula is C14H21N2OS+. The summed E-state index contributed by atoms with van der Waals surface area (Å²) in [6.45, 7) is 5.91. The van der Waals surface area contributed by atoms with Gasteiger partial charge in [0.2, 0.25) is 5.91 Å². The van der Waals surface area contributed by atoms with Gasteiger partial charge in [-0.2, -0.15) is 0 Å². The average molecular weight is 265 g/mol. The second-order valence-electron chi connectivity index (χ2n) is 4.72. The third-order valence-corrected chi connectivity index (χ3v) is 4.74. The molecule has 1 aromatic rings. The molecule has 2 atom stereocenters. The molecule has 1 amide bonds. The predicted molar refractivity (Wildman–Crippen MR) is 75.4 cm³/mol. The molecule has 0 bridgehead atoms. The minimum Gasteiger partial charge on any atom is -0.347 e. The molecule has 0 saturated carbocycles. The Balaban J connectivity index is 2.25. The number of hydrogen-bond donors (Lipinski definition) is 1. The molecular weight excluding hydrogens is 244 g/mol. The van der Waals surface area contributed by atoms with Gasteiger partial charge in [-0.25, -0.2) is 0 Å². The second kappa shape index (κ2) is 5.76. The number of benzene rings is 1. The number of quaternary nitrogens is 1. The normalized spacial score (nSPS) is 23.7. The predicted octanol–water partition coefficient (Wildman–Crippen LogP) is 1.15. The Morgan fingerprint density at radius 1 is 1.39 bits per heavy atom. The highest BCUT2D eigenvalue weighted by molar-refractivity contribution is 8.01. The second-order valence-corrected chi connectivity index (χ2v) is 6.14. The summed E-state index contributed by atoms with van der Waals surface area (Å²) < 4.78 is 0. The summed E-state index contributed by atoms with van der Waals surface area (Å²) in [4.78, 5) is 14.2. The monoisotopic (exact) mass is 265 g/mol. The number of likely N-dealkylation sites (N-methyl/N-ethyl adjacent to an activating group) is 1. The molecule has 18 heavy (non-hydrogen) atoms. The quantitative estimate of drug-likeness (QED) is 0.887. The van der Waals surface area contributed by atoms with Crippen molar-refractivity contribution in [1.82, 2.24) is 4.90 Å². The van der Waals surface area contributed by atoms with Crippen molar-refractivity contribution in [1.29, 1.82) is 0 Å². The molecule has 1 aliphatic rings. The highest BCUT2D eigenvalue weighted by Crippen LogP contribution is 2.43. The van der Waals surface area contributed by atoms with Crippen molar-refractivity contribution >= 4 is 17.7 Å². The lowest BCUT2D eigenvalue weighted by Crippen LogP contribution is -2.81. The van der Waals surface area contributed by atoms with E-state index >= 15 is 0 Å². The van der Waals surface area contributed by atoms with Gasteiger partial charge in [0.05, 0.1) is 25.4 Å². The van der Waals surface area contributed by atoms with E-state index in [4.69, 9.17) is 0 Å². The number of amides is 1. The van der Waals surface area contributed by atoms with Crippen molar-refractivity contribution in [3.8, 4) is 0 Å². The minimum absolute atomic E-state index is 0.0754. The van der Waals surface area contributed by atoms with Crippen LogP contribution in [0.3, 0.4) is 0 Å². The topological polar surface area (TPSA) is 36.9 Å². The van der Waals surface area contributed by atoms with E-state index in [1.807, 2.05) is 24.9 Å². The lowest BCUT2D eigenvalue weighted by molar-refractivity contribution is -0.626. The van der Waals surface area contributed by atoms with E-state index in [1.165, 1.54) is 11.1 Å². The Morgan fingerprint density at radius 3 is 2.78 bits per heavy atom. The summed E-state index contributed by atoms with van der Waals surface area (Å²) in [7, 11) is 2.04. The Bertz CT molecular complexity index is 436. The van der Waals surface area contributed by atoms with Crippen LogP contribution in [-0.2, 0) is 4.79 Å². The molecule has 4 heteroatoms. The van der Waals surface area contributed by atoms with Crippen molar-refractivity contribution in [2.75, 3.05) is 20.1 Å². The summed E-state index contributed by atoms with van der Waals surface area (Å²) >= 11 is 1.76. The molecule has 1 heterocycles. The zero-order valence-corrected chi connectivity index (χ0v) is 12.0. The first-order valence-corrected chi connectivity index (χ1v) is 7.38. The molecule has 1 fully saturated rings. The first-order valence-electron chi connectivity index (χ1n) is 6.44. The largest absolute Gasteiger partial charge is 0.347 e. The SMILES string of the molecule is C[NH2+]CCN1C(=O)[C@@H](C)S[C@H]1c1ccccc1C. The average Bonchev–Trinajstić information content (AvgIpc) is 2.64. The van der Waals surface area contributed by atoms with Crippen LogP contribution in [0.15, 0.2) is 24.3 Å². The zero-order valence-electron chi connectivity index (χ0n) is 11.2. The van der Waals surface area contributed by atoms with Crippen LogP contribution >= 0.6 is 11.8 Å². The molecule has 0 aliphatic carbocycles. The molecule has 3 nitrogen and oxygen atoms in total. The van der Waals surface area contributed by atoms with E-state index in [2.05, 4.69) is 30.4 Å². The highest BCUT2D eigenvalue weighted by atomic mass is 32.2. The number of hydrogen-bond acceptors (Lipinski definition) is 2. The standard InChI is InChI=1S/C14H20N2OS/c1-10-6-4-5-7-12(10)14-16(9-8-15-3)13(17)11(2)18-14/h4-7,11,14-15H,8-9H2,1-3H3/p+1/t11-,14+/m1/s1. The summed E-state index contributed by atoms with van der Waals surface area (Å²) in [5.74, 6) is 0.273. The third kappa shape index (κ3) is 2.54. The van der Waals surface area contributed by atoms with Gasteiger partial charge in [-0.3, -0.25) is 4.79 Å². The Morgan fingerprint density at radius 2 is 2.11 bits per heavy atom. The van der Waals surface area contributed by atoms with Gasteiger partial charge in [-0.15, -0.1) is 11.8 Å². The number of nitrogens with two attached hydrogens (primary N) is 1. The van der Waals surface area contributed by atoms with Gasteiger partial charge >= 0.3 is 0 Å². The smallest absolute Gasteiger partial charge is 0.236 e. The number of carbonyl (C=O) groups is 1. The molecule has 2 N–H and O–H groups in total. The van der Waals surface area contributed by atoms with Gasteiger partial charge in [0.1, 0.15) is 5.37 Å². The number of thioether (sulfide) groups is 1. The molecule has 1 saturated heterocycles. The Labute approximate surface area is 113 Å². The fourth-order valence-electron chi connectivity index (χ4n) is 2.27. The zero-order chi connectivity index (χ0) is 13.1. The number of nitrogens with zero attached hydrogens (tertiary/aromatic N) is 1. The Hall–Kier alpha value is -1.00. The van der Waals surface area contributed by atoms with Gasteiger partial charge < -0.3 is 10.2 Å². The van der Waals surface area contributed by atoms with Crippen LogP contribution in [0.25, 0.3) is 0 Å². The summed E-state index contributed by atoms with van der Waals surface area (Å²) in [5.41, 5.74) is 2.54. The van der Waals surface area contributed by atoms with E-state index < -0.39 is 0 Å². The van der Waals surface area contributed by atoms with Crippen molar-refractivity contribution < 1.29 is 10.1 Å². The minimum atomic E-state index is 0.0754. The van der Waals surface area contributed by atoms with E-state index in [-0.39, 0.29) is 16.5 Å². The van der Waals surface area contributed by atoms with Crippen molar-refractivity contribution in [3.63, 3.8) is 0 Å². The van der Waals surface area contributed by atoms with Crippen LogP contribution in [0.4, 0.5) is 0 Å². The van der Waals surface area contributed by atoms with E-state index in [1.54, 1.807) is 11.8 Å². The summed E-state index contributed by atoms with van der Waals surface area (Å²) in [6.07, 6.45) is 0. The van der Waals surface area contributed by atoms with E-state index in [0.717, 1.165) is 13.1 Å². The van der Waals surface area contributed by atoms with Crippen LogP contribution in [0.1, 0.15) is 23.4 Å². The molecule has 98 valence electrons. The maximum Gasteiger partial charge on any atom is 0.236 e. The van der Waals surface area contributed by atoms with Crippen LogP contribution in [0.2, 0.25) is 0 Å². The molecule has 0 aromatic heterocycles. The van der Waals surface area contributed by atoms with Gasteiger partial charge in [-0.05, 0) is 25.0 Å². The number of carbonyl (C=O) groups excluding carboxylic acids is 1. The molecule has 0 unspecified atom stereocenters. The summed E-state index contributed by atoms with van der Waals surface area (Å²) in [5, 5.41) is 2.38. The van der Waals surface area contributed by atoms with Crippen LogP contribution in [-0.4, -0.2) is 36.2 Å². The Kier molecular flexibility index (Phi) is 4.30. The van der Waals surface area contributed by atoms with Crippen molar-refractivity contribution in [2.45, 2.75) is 24.5 Å². The fourth-order valence-corrected chi connectivity index (χ4v) is 3.68. The first-order chi connectivity index (χ1) is 8.65. The van der Waals surface area contributed by atoms with Crippen LogP contribution < -0.4 is 5.32 Å². The molecule has 2 rings (SSSR count). The van der Waals surface area contributed by atoms with Crippen molar-refractivity contribution in [2.24, 2.45) is 0 Å². The van der Waals surface area contributed by atoms with Gasteiger partial charge in [0, 0.05) is 0 Å². The van der Waals surface area contributed by atoms with Gasteiger partial charge in [-0.1, -0.05) is 24.3 Å². The van der Waals surface area contributed by atoms with Crippen molar-refractivity contribution in [3.05, 3.63) is 35.4 Å². The first kappa shape index (κ1) is 13.4. The van der Waals surface area contributed by atoms with Crippen LogP contribution in [0, 0.1) is 6.92 Å².